The van der Waals surface area contributed by atoms with Crippen LogP contribution in [0.5, 0.6) is 0 Å². The van der Waals surface area contributed by atoms with Gasteiger partial charge >= 0.3 is 0 Å². The van der Waals surface area contributed by atoms with Crippen molar-refractivity contribution in [3.05, 3.63) is 64.7 Å². The summed E-state index contributed by atoms with van der Waals surface area (Å²) in [5.41, 5.74) is 12.9. The van der Waals surface area contributed by atoms with Crippen molar-refractivity contribution in [1.29, 1.82) is 0 Å². The molecule has 1 heterocycles. The zero-order chi connectivity index (χ0) is 13.5. The third-order valence-corrected chi connectivity index (χ3v) is 4.82. The highest BCUT2D eigenvalue weighted by atomic mass is 15.2. The van der Waals surface area contributed by atoms with Crippen LogP contribution in [0.4, 0.5) is 5.69 Å². The molecule has 0 saturated heterocycles. The molecular weight excluding hydrogens is 244 g/mol. The smallest absolute Gasteiger partial charge is 0.0363 e. The Kier molecular flexibility index (Phi) is 2.78. The second kappa shape index (κ2) is 4.64. The number of benzene rings is 2. The maximum Gasteiger partial charge on any atom is 0.0363 e. The van der Waals surface area contributed by atoms with Crippen molar-refractivity contribution < 1.29 is 0 Å². The van der Waals surface area contributed by atoms with E-state index >= 15 is 0 Å². The monoisotopic (exact) mass is 264 g/mol. The summed E-state index contributed by atoms with van der Waals surface area (Å²) in [4.78, 5) is 2.60. The lowest BCUT2D eigenvalue weighted by Gasteiger charge is -2.33. The van der Waals surface area contributed by atoms with E-state index < -0.39 is 0 Å². The highest BCUT2D eigenvalue weighted by Gasteiger charge is 2.30. The molecule has 0 radical (unpaired) electrons. The lowest BCUT2D eigenvalue weighted by molar-refractivity contribution is 0.180. The number of nitrogens with two attached hydrogens (primary N) is 1. The van der Waals surface area contributed by atoms with Crippen molar-refractivity contribution in [3.63, 3.8) is 0 Å². The van der Waals surface area contributed by atoms with Crippen molar-refractivity contribution in [1.82, 2.24) is 4.90 Å². The molecule has 2 nitrogen and oxygen atoms in total. The number of anilines is 1. The van der Waals surface area contributed by atoms with E-state index in [0.29, 0.717) is 6.04 Å². The van der Waals surface area contributed by atoms with E-state index in [1.54, 1.807) is 0 Å². The maximum absolute atomic E-state index is 6.13. The number of nitrogen functional groups attached to an aromatic ring is 1. The fourth-order valence-electron chi connectivity index (χ4n) is 3.80. The minimum absolute atomic E-state index is 0.562. The summed E-state index contributed by atoms with van der Waals surface area (Å²) in [6.07, 6.45) is 3.80. The van der Waals surface area contributed by atoms with E-state index in [0.717, 1.165) is 18.8 Å². The molecule has 1 unspecified atom stereocenters. The Hall–Kier alpha value is -1.80. The molecule has 2 aromatic rings. The topological polar surface area (TPSA) is 29.3 Å². The molecule has 0 fully saturated rings. The van der Waals surface area contributed by atoms with Crippen LogP contribution in [-0.4, -0.2) is 4.90 Å². The minimum atomic E-state index is 0.562. The van der Waals surface area contributed by atoms with Crippen LogP contribution in [0.2, 0.25) is 0 Å². The van der Waals surface area contributed by atoms with Gasteiger partial charge in [0.1, 0.15) is 0 Å². The van der Waals surface area contributed by atoms with Crippen LogP contribution in [0.1, 0.15) is 41.1 Å². The number of hydrogen-bond acceptors (Lipinski definition) is 2. The highest BCUT2D eigenvalue weighted by Crippen LogP contribution is 2.39. The Bertz CT molecular complexity index is 648. The van der Waals surface area contributed by atoms with Gasteiger partial charge in [-0.2, -0.15) is 0 Å². The first-order chi connectivity index (χ1) is 9.83. The van der Waals surface area contributed by atoms with Crippen molar-refractivity contribution >= 4 is 5.69 Å². The van der Waals surface area contributed by atoms with E-state index in [1.807, 2.05) is 6.07 Å². The minimum Gasteiger partial charge on any atom is -0.398 e. The molecule has 1 atom stereocenters. The molecule has 4 rings (SSSR count). The summed E-state index contributed by atoms with van der Waals surface area (Å²) in [7, 11) is 0. The van der Waals surface area contributed by atoms with Gasteiger partial charge in [0.25, 0.3) is 0 Å². The molecule has 102 valence electrons. The van der Waals surface area contributed by atoms with Gasteiger partial charge in [-0.15, -0.1) is 0 Å². The summed E-state index contributed by atoms with van der Waals surface area (Å²) in [6.45, 7) is 2.04. The first-order valence-corrected chi connectivity index (χ1v) is 7.51. The molecule has 0 aromatic heterocycles. The van der Waals surface area contributed by atoms with Crippen molar-refractivity contribution in [2.24, 2.45) is 0 Å². The summed E-state index contributed by atoms with van der Waals surface area (Å²) in [5.74, 6) is 0. The summed E-state index contributed by atoms with van der Waals surface area (Å²) >= 11 is 0. The van der Waals surface area contributed by atoms with Crippen LogP contribution in [0.3, 0.4) is 0 Å². The lowest BCUT2D eigenvalue weighted by Crippen LogP contribution is -2.26. The molecule has 2 aromatic carbocycles. The second-order valence-electron chi connectivity index (χ2n) is 6.00. The molecule has 2 N–H and O–H groups in total. The fourth-order valence-corrected chi connectivity index (χ4v) is 3.80. The first kappa shape index (κ1) is 12.0. The van der Waals surface area contributed by atoms with Crippen molar-refractivity contribution in [3.8, 4) is 0 Å². The molecule has 1 aliphatic heterocycles. The van der Waals surface area contributed by atoms with Gasteiger partial charge in [0, 0.05) is 24.8 Å². The fraction of sp³-hybridized carbons (Fsp3) is 0.333. The third kappa shape index (κ3) is 1.83. The average molecular weight is 264 g/mol. The van der Waals surface area contributed by atoms with E-state index in [1.165, 1.54) is 41.5 Å². The van der Waals surface area contributed by atoms with Gasteiger partial charge in [0.15, 0.2) is 0 Å². The molecule has 2 heteroatoms. The molecular formula is C18H20N2. The van der Waals surface area contributed by atoms with Gasteiger partial charge < -0.3 is 5.73 Å². The van der Waals surface area contributed by atoms with Crippen LogP contribution in [0.15, 0.2) is 42.5 Å². The molecule has 2 aliphatic rings. The Morgan fingerprint density at radius 2 is 1.80 bits per heavy atom. The van der Waals surface area contributed by atoms with Gasteiger partial charge in [-0.25, -0.2) is 0 Å². The van der Waals surface area contributed by atoms with Crippen LogP contribution in [-0.2, 0) is 19.5 Å². The van der Waals surface area contributed by atoms with Gasteiger partial charge in [-0.05, 0) is 47.6 Å². The van der Waals surface area contributed by atoms with Crippen LogP contribution in [0.25, 0.3) is 0 Å². The third-order valence-electron chi connectivity index (χ3n) is 4.82. The molecule has 0 spiro atoms. The molecule has 0 saturated carbocycles. The van der Waals surface area contributed by atoms with Gasteiger partial charge in [-0.1, -0.05) is 36.4 Å². The molecule has 20 heavy (non-hydrogen) atoms. The number of fused-ring (bicyclic) bond motifs is 2. The summed E-state index contributed by atoms with van der Waals surface area (Å²) < 4.78 is 0. The number of aryl methyl sites for hydroxylation is 1. The Balaban J connectivity index is 1.67. The standard InChI is InChI=1S/C18H20N2/c19-17-9-3-7-14-11-20(12-16(14)17)18-10-4-6-13-5-1-2-8-15(13)18/h1-3,5,7-9,18H,4,6,10-12,19H2. The lowest BCUT2D eigenvalue weighted by atomic mass is 9.87. The second-order valence-corrected chi connectivity index (χ2v) is 6.00. The Labute approximate surface area is 120 Å². The van der Waals surface area contributed by atoms with Crippen molar-refractivity contribution in [2.45, 2.75) is 38.4 Å². The van der Waals surface area contributed by atoms with E-state index in [2.05, 4.69) is 41.3 Å². The van der Waals surface area contributed by atoms with Gasteiger partial charge in [0.05, 0.1) is 0 Å². The van der Waals surface area contributed by atoms with Crippen molar-refractivity contribution in [2.75, 3.05) is 5.73 Å². The number of nitrogens with zero attached hydrogens (tertiary/aromatic N) is 1. The maximum atomic E-state index is 6.13. The van der Waals surface area contributed by atoms with Crippen LogP contribution < -0.4 is 5.73 Å². The first-order valence-electron chi connectivity index (χ1n) is 7.51. The Morgan fingerprint density at radius 1 is 0.950 bits per heavy atom. The van der Waals surface area contributed by atoms with Crippen LogP contribution in [0, 0.1) is 0 Å². The predicted molar refractivity (Wildman–Crippen MR) is 82.2 cm³/mol. The largest absolute Gasteiger partial charge is 0.398 e. The highest BCUT2D eigenvalue weighted by molar-refractivity contribution is 5.52. The molecule has 0 amide bonds. The predicted octanol–water partition coefficient (Wildman–Crippen LogP) is 3.66. The number of hydrogen-bond donors (Lipinski definition) is 1. The van der Waals surface area contributed by atoms with Gasteiger partial charge in [-0.3, -0.25) is 4.90 Å². The van der Waals surface area contributed by atoms with Crippen LogP contribution >= 0.6 is 0 Å². The van der Waals surface area contributed by atoms with Gasteiger partial charge in [0.2, 0.25) is 0 Å². The zero-order valence-electron chi connectivity index (χ0n) is 11.7. The summed E-state index contributed by atoms with van der Waals surface area (Å²) in [5, 5.41) is 0. The molecule has 0 bridgehead atoms. The zero-order valence-corrected chi connectivity index (χ0v) is 11.7. The Morgan fingerprint density at radius 3 is 2.70 bits per heavy atom. The van der Waals surface area contributed by atoms with E-state index in [9.17, 15) is 0 Å². The van der Waals surface area contributed by atoms with E-state index in [-0.39, 0.29) is 0 Å². The summed E-state index contributed by atoms with van der Waals surface area (Å²) in [6, 6.07) is 15.8. The van der Waals surface area contributed by atoms with E-state index in [4.69, 9.17) is 5.73 Å². The molecule has 1 aliphatic carbocycles. The quantitative estimate of drug-likeness (QED) is 0.796. The average Bonchev–Trinajstić information content (AvgIpc) is 2.92. The normalized spacial score (nSPS) is 21.5. The SMILES string of the molecule is Nc1cccc2c1CN(C1CCCc3ccccc31)C2. The number of rotatable bonds is 1.